The van der Waals surface area contributed by atoms with E-state index in [2.05, 4.69) is 57.2 Å². The minimum absolute atomic E-state index is 0.461. The Morgan fingerprint density at radius 1 is 1.50 bits per heavy atom. The summed E-state index contributed by atoms with van der Waals surface area (Å²) in [5, 5.41) is 3.15. The molecule has 3 nitrogen and oxygen atoms in total. The van der Waals surface area contributed by atoms with E-state index in [0.29, 0.717) is 12.0 Å². The van der Waals surface area contributed by atoms with E-state index in [1.807, 2.05) is 0 Å². The summed E-state index contributed by atoms with van der Waals surface area (Å²) in [5.41, 5.74) is 7.04. The molecule has 0 saturated heterocycles. The summed E-state index contributed by atoms with van der Waals surface area (Å²) in [6.45, 7) is 0.749. The third kappa shape index (κ3) is 3.37. The van der Waals surface area contributed by atoms with Gasteiger partial charge < -0.3 is 11.1 Å². The van der Waals surface area contributed by atoms with E-state index >= 15 is 0 Å². The highest BCUT2D eigenvalue weighted by molar-refractivity contribution is 14.1. The Morgan fingerprint density at radius 3 is 2.94 bits per heavy atom. The van der Waals surface area contributed by atoms with E-state index in [1.54, 1.807) is 0 Å². The fraction of sp³-hybridized carbons (Fsp3) is 0.417. The van der Waals surface area contributed by atoms with Gasteiger partial charge in [0.15, 0.2) is 5.96 Å². The molecule has 0 radical (unpaired) electrons. The Morgan fingerprint density at radius 2 is 2.31 bits per heavy atom. The number of guanidine groups is 1. The molecular weight excluding hydrogens is 313 g/mol. The molecule has 1 saturated carbocycles. The fourth-order valence-corrected chi connectivity index (χ4v) is 2.21. The number of nitrogens with zero attached hydrogens (tertiary/aromatic N) is 1. The first-order valence-electron chi connectivity index (χ1n) is 5.55. The first-order valence-corrected chi connectivity index (χ1v) is 6.63. The van der Waals surface area contributed by atoms with Crippen molar-refractivity contribution >= 4 is 28.6 Å². The smallest absolute Gasteiger partial charge is 0.189 e. The lowest BCUT2D eigenvalue weighted by Crippen LogP contribution is -2.33. The average Bonchev–Trinajstić information content (AvgIpc) is 2.21. The quantitative estimate of drug-likeness (QED) is 0.508. The van der Waals surface area contributed by atoms with Crippen molar-refractivity contribution in [3.05, 3.63) is 33.4 Å². The maximum Gasteiger partial charge on any atom is 0.189 e. The maximum absolute atomic E-state index is 5.81. The standard InChI is InChI=1S/C12H16IN3/c13-10-4-1-3-9(7-10)8-15-12(14)16-11-5-2-6-11/h1,3-4,7,11H,2,5-6,8H2,(H3,14,15,16). The van der Waals surface area contributed by atoms with E-state index in [0.717, 1.165) is 6.54 Å². The maximum atomic E-state index is 5.81. The lowest BCUT2D eigenvalue weighted by Gasteiger charge is -2.21. The van der Waals surface area contributed by atoms with Crippen LogP contribution in [0, 0.1) is 3.57 Å². The minimum Gasteiger partial charge on any atom is -0.370 e. The molecule has 2 rings (SSSR count). The minimum atomic E-state index is 0.461. The Bertz CT molecular complexity index is 386. The van der Waals surface area contributed by atoms with Crippen molar-refractivity contribution in [1.82, 2.24) is 5.32 Å². The molecule has 0 unspecified atom stereocenters. The van der Waals surface area contributed by atoms with Crippen LogP contribution in [0.2, 0.25) is 0 Å². The molecule has 0 aliphatic heterocycles. The zero-order valence-electron chi connectivity index (χ0n) is 9.12. The van der Waals surface area contributed by atoms with Crippen LogP contribution in [0.1, 0.15) is 24.8 Å². The molecule has 0 atom stereocenters. The highest BCUT2D eigenvalue weighted by Crippen LogP contribution is 2.21. The number of halogens is 1. The molecule has 1 fully saturated rings. The van der Waals surface area contributed by atoms with Crippen LogP contribution >= 0.6 is 22.6 Å². The normalized spacial score (nSPS) is 16.9. The molecule has 0 spiro atoms. The van der Waals surface area contributed by atoms with Crippen LogP contribution < -0.4 is 11.1 Å². The molecule has 0 heterocycles. The average molecular weight is 329 g/mol. The van der Waals surface area contributed by atoms with Gasteiger partial charge in [0.2, 0.25) is 0 Å². The van der Waals surface area contributed by atoms with Crippen LogP contribution in [0.3, 0.4) is 0 Å². The molecule has 16 heavy (non-hydrogen) atoms. The van der Waals surface area contributed by atoms with Crippen LogP contribution in [0.15, 0.2) is 29.3 Å². The highest BCUT2D eigenvalue weighted by Gasteiger charge is 2.16. The predicted octanol–water partition coefficient (Wildman–Crippen LogP) is 2.25. The van der Waals surface area contributed by atoms with E-state index in [-0.39, 0.29) is 0 Å². The largest absolute Gasteiger partial charge is 0.370 e. The van der Waals surface area contributed by atoms with Gasteiger partial charge in [-0.15, -0.1) is 0 Å². The van der Waals surface area contributed by atoms with Gasteiger partial charge in [0, 0.05) is 10.1 Å². The Hall–Kier alpha value is -0.780. The molecule has 3 N–H and O–H groups in total. The van der Waals surface area contributed by atoms with E-state index in [9.17, 15) is 0 Å². The van der Waals surface area contributed by atoms with Crippen LogP contribution in [0.25, 0.3) is 0 Å². The summed E-state index contributed by atoms with van der Waals surface area (Å²) in [6.07, 6.45) is 3.66. The molecule has 1 aromatic rings. The third-order valence-electron chi connectivity index (χ3n) is 2.76. The molecule has 4 heteroatoms. The molecule has 0 bridgehead atoms. The second kappa shape index (κ2) is 5.52. The van der Waals surface area contributed by atoms with Gasteiger partial charge >= 0.3 is 0 Å². The topological polar surface area (TPSA) is 50.4 Å². The highest BCUT2D eigenvalue weighted by atomic mass is 127. The first-order chi connectivity index (χ1) is 7.74. The zero-order chi connectivity index (χ0) is 11.4. The number of nitrogens with one attached hydrogen (secondary N) is 1. The third-order valence-corrected chi connectivity index (χ3v) is 3.43. The summed E-state index contributed by atoms with van der Waals surface area (Å²) < 4.78 is 1.24. The van der Waals surface area contributed by atoms with E-state index in [4.69, 9.17) is 5.73 Å². The second-order valence-corrected chi connectivity index (χ2v) is 5.33. The van der Waals surface area contributed by atoms with Gasteiger partial charge in [-0.25, -0.2) is 0 Å². The van der Waals surface area contributed by atoms with Crippen LogP contribution in [0.5, 0.6) is 0 Å². The van der Waals surface area contributed by atoms with Crippen molar-refractivity contribution < 1.29 is 0 Å². The van der Waals surface area contributed by atoms with Crippen molar-refractivity contribution in [1.29, 1.82) is 0 Å². The number of benzene rings is 1. The predicted molar refractivity (Wildman–Crippen MR) is 75.3 cm³/mol. The molecule has 0 amide bonds. The molecule has 1 aliphatic carbocycles. The van der Waals surface area contributed by atoms with Gasteiger partial charge in [0.1, 0.15) is 0 Å². The fourth-order valence-electron chi connectivity index (χ4n) is 1.60. The Balaban J connectivity index is 1.84. The second-order valence-electron chi connectivity index (χ2n) is 4.08. The molecule has 0 aromatic heterocycles. The number of nitrogens with two attached hydrogens (primary N) is 1. The number of aliphatic imine (C=N–C) groups is 1. The Labute approximate surface area is 110 Å². The summed E-state index contributed by atoms with van der Waals surface area (Å²) in [6, 6.07) is 8.83. The number of rotatable bonds is 3. The van der Waals surface area contributed by atoms with Crippen LogP contribution in [0.4, 0.5) is 0 Å². The van der Waals surface area contributed by atoms with Crippen LogP contribution in [-0.2, 0) is 6.54 Å². The van der Waals surface area contributed by atoms with Gasteiger partial charge in [-0.1, -0.05) is 12.1 Å². The van der Waals surface area contributed by atoms with Crippen molar-refractivity contribution in [2.45, 2.75) is 31.8 Å². The first kappa shape index (κ1) is 11.7. The van der Waals surface area contributed by atoms with E-state index in [1.165, 1.54) is 28.4 Å². The lowest BCUT2D eigenvalue weighted by atomic mass is 9.94. The summed E-state index contributed by atoms with van der Waals surface area (Å²) in [4.78, 5) is 4.40. The number of hydrogen-bond donors (Lipinski definition) is 2. The lowest BCUT2D eigenvalue weighted by molar-refractivity contribution is 0.418. The van der Waals surface area contributed by atoms with Gasteiger partial charge in [-0.3, -0.25) is 4.99 Å². The molecule has 86 valence electrons. The SMILES string of the molecule is N/C(=N\C1CCC1)NCc1cccc(I)c1. The van der Waals surface area contributed by atoms with Gasteiger partial charge in [0.05, 0.1) is 6.04 Å². The van der Waals surface area contributed by atoms with Crippen molar-refractivity contribution in [3.63, 3.8) is 0 Å². The monoisotopic (exact) mass is 329 g/mol. The van der Waals surface area contributed by atoms with Gasteiger partial charge in [-0.05, 0) is 59.5 Å². The summed E-state index contributed by atoms with van der Waals surface area (Å²) in [5.74, 6) is 0.573. The van der Waals surface area contributed by atoms with Crippen molar-refractivity contribution in [3.8, 4) is 0 Å². The Kier molecular flexibility index (Phi) is 4.04. The van der Waals surface area contributed by atoms with Gasteiger partial charge in [0.25, 0.3) is 0 Å². The van der Waals surface area contributed by atoms with Crippen molar-refractivity contribution in [2.24, 2.45) is 10.7 Å². The van der Waals surface area contributed by atoms with E-state index < -0.39 is 0 Å². The molecule has 1 aromatic carbocycles. The van der Waals surface area contributed by atoms with Crippen LogP contribution in [-0.4, -0.2) is 12.0 Å². The van der Waals surface area contributed by atoms with Gasteiger partial charge in [-0.2, -0.15) is 0 Å². The number of hydrogen-bond acceptors (Lipinski definition) is 1. The zero-order valence-corrected chi connectivity index (χ0v) is 11.3. The summed E-state index contributed by atoms with van der Waals surface area (Å²) >= 11 is 2.31. The van der Waals surface area contributed by atoms with Crippen molar-refractivity contribution in [2.75, 3.05) is 0 Å². The molecular formula is C12H16IN3. The summed E-state index contributed by atoms with van der Waals surface area (Å²) in [7, 11) is 0. The molecule has 1 aliphatic rings.